The van der Waals surface area contributed by atoms with Crippen molar-refractivity contribution in [3.63, 3.8) is 0 Å². The number of benzene rings is 2. The Morgan fingerprint density at radius 3 is 2.38 bits per heavy atom. The smallest absolute Gasteiger partial charge is 0.272 e. The van der Waals surface area contributed by atoms with Crippen LogP contribution in [0.25, 0.3) is 11.0 Å². The Hall–Kier alpha value is -3.45. The van der Waals surface area contributed by atoms with E-state index in [1.807, 2.05) is 19.9 Å². The van der Waals surface area contributed by atoms with Gasteiger partial charge in [0.25, 0.3) is 15.9 Å². The molecule has 0 unspecified atom stereocenters. The first-order valence-corrected chi connectivity index (χ1v) is 12.8. The van der Waals surface area contributed by atoms with Gasteiger partial charge in [0, 0.05) is 35.3 Å². The highest BCUT2D eigenvalue weighted by molar-refractivity contribution is 7.93. The van der Waals surface area contributed by atoms with Gasteiger partial charge in [-0.2, -0.15) is 4.31 Å². The van der Waals surface area contributed by atoms with Crippen LogP contribution in [0.4, 0.5) is 5.69 Å². The Bertz CT molecular complexity index is 1520. The molecule has 34 heavy (non-hydrogen) atoms. The molecular formula is C27H26N2O4S. The van der Waals surface area contributed by atoms with Crippen LogP contribution in [-0.2, 0) is 22.9 Å². The van der Waals surface area contributed by atoms with Crippen molar-refractivity contribution in [3.8, 4) is 0 Å². The minimum absolute atomic E-state index is 0.118. The van der Waals surface area contributed by atoms with Crippen molar-refractivity contribution in [3.05, 3.63) is 88.4 Å². The molecule has 0 spiro atoms. The lowest BCUT2D eigenvalue weighted by molar-refractivity contribution is 0.100. The van der Waals surface area contributed by atoms with Crippen LogP contribution in [0.15, 0.2) is 64.2 Å². The number of nitrogens with zero attached hydrogens (tertiary/aromatic N) is 2. The van der Waals surface area contributed by atoms with Crippen molar-refractivity contribution >= 4 is 32.6 Å². The molecule has 1 aliphatic carbocycles. The molecule has 2 aromatic heterocycles. The summed E-state index contributed by atoms with van der Waals surface area (Å²) < 4.78 is 35.1. The summed E-state index contributed by atoms with van der Waals surface area (Å²) in [5.74, 6) is 0.329. The highest BCUT2D eigenvalue weighted by Gasteiger charge is 2.34. The molecule has 6 nitrogen and oxygen atoms in total. The van der Waals surface area contributed by atoms with Gasteiger partial charge in [0.05, 0.1) is 10.6 Å². The molecule has 4 aromatic rings. The predicted molar refractivity (Wildman–Crippen MR) is 132 cm³/mol. The summed E-state index contributed by atoms with van der Waals surface area (Å²) >= 11 is 0. The zero-order valence-corrected chi connectivity index (χ0v) is 20.3. The van der Waals surface area contributed by atoms with Gasteiger partial charge in [0.2, 0.25) is 0 Å². The third-order valence-corrected chi connectivity index (χ3v) is 8.45. The largest absolute Gasteiger partial charge is 0.461 e. The van der Waals surface area contributed by atoms with Crippen LogP contribution >= 0.6 is 0 Å². The normalized spacial score (nSPS) is 13.6. The fourth-order valence-corrected chi connectivity index (χ4v) is 6.37. The maximum Gasteiger partial charge on any atom is 0.272 e. The van der Waals surface area contributed by atoms with Gasteiger partial charge in [-0.1, -0.05) is 6.07 Å². The molecular weight excluding hydrogens is 448 g/mol. The van der Waals surface area contributed by atoms with Crippen LogP contribution in [0.1, 0.15) is 51.2 Å². The zero-order chi connectivity index (χ0) is 24.0. The molecule has 0 N–H and O–H groups in total. The fourth-order valence-electron chi connectivity index (χ4n) is 4.66. The van der Waals surface area contributed by atoms with E-state index in [4.69, 9.17) is 4.42 Å². The van der Waals surface area contributed by atoms with E-state index in [1.165, 1.54) is 24.5 Å². The Balaban J connectivity index is 1.73. The lowest BCUT2D eigenvalue weighted by Crippen LogP contribution is -2.37. The number of aromatic nitrogens is 1. The maximum atomic E-state index is 14.1. The second-order valence-electron chi connectivity index (χ2n) is 8.90. The summed E-state index contributed by atoms with van der Waals surface area (Å²) in [5, 5.41) is 0.867. The molecule has 7 heteroatoms. The van der Waals surface area contributed by atoms with E-state index in [1.54, 1.807) is 31.2 Å². The van der Waals surface area contributed by atoms with E-state index in [0.717, 1.165) is 57.8 Å². The highest BCUT2D eigenvalue weighted by Crippen LogP contribution is 2.36. The topological polar surface area (TPSA) is 80.5 Å². The molecule has 0 bridgehead atoms. The Labute approximate surface area is 199 Å². The number of hydrogen-bond donors (Lipinski definition) is 0. The fraction of sp³-hybridized carbons (Fsp3) is 0.259. The number of carbonyl (C=O) groups excluding carboxylic acids is 1. The number of amides is 1. The number of carbonyl (C=O) groups is 1. The highest BCUT2D eigenvalue weighted by atomic mass is 32.2. The molecule has 2 aromatic carbocycles. The molecule has 1 aliphatic rings. The van der Waals surface area contributed by atoms with Gasteiger partial charge < -0.3 is 4.42 Å². The summed E-state index contributed by atoms with van der Waals surface area (Å²) in [7, 11) is -4.21. The van der Waals surface area contributed by atoms with Crippen molar-refractivity contribution in [2.24, 2.45) is 0 Å². The number of rotatable bonds is 4. The Kier molecular flexibility index (Phi) is 5.52. The molecule has 1 amide bonds. The first kappa shape index (κ1) is 22.3. The summed E-state index contributed by atoms with van der Waals surface area (Å²) in [6, 6.07) is 11.7. The Morgan fingerprint density at radius 2 is 1.62 bits per heavy atom. The zero-order valence-electron chi connectivity index (χ0n) is 19.5. The minimum Gasteiger partial charge on any atom is -0.461 e. The van der Waals surface area contributed by atoms with Gasteiger partial charge in [0.15, 0.2) is 0 Å². The van der Waals surface area contributed by atoms with Crippen molar-refractivity contribution in [1.29, 1.82) is 0 Å². The van der Waals surface area contributed by atoms with E-state index in [-0.39, 0.29) is 10.5 Å². The number of aryl methyl sites for hydroxylation is 5. The number of sulfonamides is 1. The van der Waals surface area contributed by atoms with Gasteiger partial charge in [-0.05, 0) is 93.1 Å². The van der Waals surface area contributed by atoms with Gasteiger partial charge in [-0.25, -0.2) is 8.42 Å². The lowest BCUT2D eigenvalue weighted by atomic mass is 9.96. The van der Waals surface area contributed by atoms with E-state index < -0.39 is 15.9 Å². The number of fused-ring (bicyclic) bond motifs is 3. The summed E-state index contributed by atoms with van der Waals surface area (Å²) in [6.45, 7) is 5.56. The molecule has 174 valence electrons. The van der Waals surface area contributed by atoms with Crippen LogP contribution in [-0.4, -0.2) is 19.3 Å². The SMILES string of the molecule is Cc1cc(C)c(S(=O)(=O)N(C(=O)c2ccncc2)c2ccc3oc4c(c3c2)CCCC4)cc1C. The first-order valence-electron chi connectivity index (χ1n) is 11.4. The average molecular weight is 475 g/mol. The van der Waals surface area contributed by atoms with Crippen molar-refractivity contribution in [1.82, 2.24) is 4.98 Å². The average Bonchev–Trinajstić information content (AvgIpc) is 3.20. The minimum atomic E-state index is -4.21. The third kappa shape index (κ3) is 3.70. The molecule has 0 radical (unpaired) electrons. The van der Waals surface area contributed by atoms with E-state index in [2.05, 4.69) is 4.98 Å². The Morgan fingerprint density at radius 1 is 0.912 bits per heavy atom. The summed E-state index contributed by atoms with van der Waals surface area (Å²) in [6.07, 6.45) is 6.86. The van der Waals surface area contributed by atoms with Crippen LogP contribution in [0.2, 0.25) is 0 Å². The van der Waals surface area contributed by atoms with Crippen molar-refractivity contribution < 1.29 is 17.6 Å². The standard InChI is InChI=1S/C27H26N2O4S/c1-17-14-19(3)26(15-18(17)2)34(31,32)29(27(30)20-10-12-28-13-11-20)21-8-9-25-23(16-21)22-6-4-5-7-24(22)33-25/h8-16H,4-7H2,1-3H3. The summed E-state index contributed by atoms with van der Waals surface area (Å²) in [5.41, 5.74) is 4.80. The van der Waals surface area contributed by atoms with E-state index in [0.29, 0.717) is 16.8 Å². The lowest BCUT2D eigenvalue weighted by Gasteiger charge is -2.24. The molecule has 2 heterocycles. The second kappa shape index (κ2) is 8.40. The van der Waals surface area contributed by atoms with Gasteiger partial charge >= 0.3 is 0 Å². The maximum absolute atomic E-state index is 14.1. The third-order valence-electron chi connectivity index (χ3n) is 6.59. The number of hydrogen-bond acceptors (Lipinski definition) is 5. The number of furan rings is 1. The van der Waals surface area contributed by atoms with E-state index in [9.17, 15) is 13.2 Å². The van der Waals surface area contributed by atoms with Crippen LogP contribution in [0, 0.1) is 20.8 Å². The van der Waals surface area contributed by atoms with Crippen LogP contribution in [0.5, 0.6) is 0 Å². The van der Waals surface area contributed by atoms with Crippen molar-refractivity contribution in [2.45, 2.75) is 51.3 Å². The molecule has 5 rings (SSSR count). The first-order chi connectivity index (χ1) is 16.3. The van der Waals surface area contributed by atoms with E-state index >= 15 is 0 Å². The summed E-state index contributed by atoms with van der Waals surface area (Å²) in [4.78, 5) is 17.8. The van der Waals surface area contributed by atoms with Gasteiger partial charge in [-0.3, -0.25) is 9.78 Å². The molecule has 0 saturated heterocycles. The number of anilines is 1. The quantitative estimate of drug-likeness (QED) is 0.381. The molecule has 0 fully saturated rings. The monoisotopic (exact) mass is 474 g/mol. The molecule has 0 saturated carbocycles. The van der Waals surface area contributed by atoms with Gasteiger partial charge in [-0.15, -0.1) is 0 Å². The number of pyridine rings is 1. The van der Waals surface area contributed by atoms with Crippen molar-refractivity contribution in [2.75, 3.05) is 4.31 Å². The van der Waals surface area contributed by atoms with Crippen LogP contribution in [0.3, 0.4) is 0 Å². The predicted octanol–water partition coefficient (Wildman–Crippen LogP) is 5.67. The molecule has 0 aliphatic heterocycles. The van der Waals surface area contributed by atoms with Gasteiger partial charge in [0.1, 0.15) is 11.3 Å². The second-order valence-corrected chi connectivity index (χ2v) is 10.7. The molecule has 0 atom stereocenters. The van der Waals surface area contributed by atoms with Crippen LogP contribution < -0.4 is 4.31 Å².